The molecule has 1 heterocycles. The third kappa shape index (κ3) is 5.89. The van der Waals surface area contributed by atoms with Gasteiger partial charge in [0.15, 0.2) is 12.2 Å². The summed E-state index contributed by atoms with van der Waals surface area (Å²) < 4.78 is 26.5. The number of hydrogen-bond donors (Lipinski definition) is 0. The van der Waals surface area contributed by atoms with Crippen LogP contribution in [-0.2, 0) is 42.9 Å². The summed E-state index contributed by atoms with van der Waals surface area (Å²) in [7, 11) is 0. The van der Waals surface area contributed by atoms with Crippen molar-refractivity contribution in [2.45, 2.75) is 58.4 Å². The summed E-state index contributed by atoms with van der Waals surface area (Å²) in [6, 6.07) is 0. The number of alkyl halides is 1. The Morgan fingerprint density at radius 3 is 1.58 bits per heavy atom. The minimum atomic E-state index is -1.29. The molecule has 1 fully saturated rings. The van der Waals surface area contributed by atoms with Crippen molar-refractivity contribution in [3.8, 4) is 0 Å². The van der Waals surface area contributed by atoms with E-state index >= 15 is 0 Å². The fraction of sp³-hybridized carbons (Fsp3) is 0.714. The zero-order valence-corrected chi connectivity index (χ0v) is 15.8. The van der Waals surface area contributed by atoms with Crippen LogP contribution < -0.4 is 0 Å². The highest BCUT2D eigenvalue weighted by molar-refractivity contribution is 14.1. The van der Waals surface area contributed by atoms with Gasteiger partial charge in [0.05, 0.1) is 0 Å². The molecule has 9 nitrogen and oxygen atoms in total. The van der Waals surface area contributed by atoms with Crippen molar-refractivity contribution in [2.75, 3.05) is 4.43 Å². The van der Waals surface area contributed by atoms with Gasteiger partial charge in [-0.1, -0.05) is 22.6 Å². The summed E-state index contributed by atoms with van der Waals surface area (Å²) in [6.07, 6.45) is -5.47. The van der Waals surface area contributed by atoms with Crippen LogP contribution in [0.1, 0.15) is 27.7 Å². The first kappa shape index (κ1) is 20.6. The maximum atomic E-state index is 11.4. The molecule has 136 valence electrons. The van der Waals surface area contributed by atoms with Gasteiger partial charge in [-0.25, -0.2) is 0 Å². The summed E-state index contributed by atoms with van der Waals surface area (Å²) in [5.74, 6) is -2.67. The maximum Gasteiger partial charge on any atom is 0.305 e. The minimum absolute atomic E-state index is 0.345. The molecule has 0 aromatic heterocycles. The van der Waals surface area contributed by atoms with Gasteiger partial charge < -0.3 is 23.7 Å². The van der Waals surface area contributed by atoms with Crippen molar-refractivity contribution in [1.29, 1.82) is 0 Å². The van der Waals surface area contributed by atoms with Gasteiger partial charge >= 0.3 is 23.9 Å². The first-order valence-electron chi connectivity index (χ1n) is 7.06. The summed E-state index contributed by atoms with van der Waals surface area (Å²) in [6.45, 7) is 4.65. The molecule has 0 spiro atoms. The third-order valence-corrected chi connectivity index (χ3v) is 3.80. The maximum absolute atomic E-state index is 11.4. The Kier molecular flexibility index (Phi) is 7.87. The van der Waals surface area contributed by atoms with Crippen molar-refractivity contribution >= 4 is 46.5 Å². The molecule has 1 aliphatic heterocycles. The van der Waals surface area contributed by atoms with Crippen molar-refractivity contribution in [3.63, 3.8) is 0 Å². The fourth-order valence-electron chi connectivity index (χ4n) is 2.24. The van der Waals surface area contributed by atoms with E-state index in [-0.39, 0.29) is 0 Å². The van der Waals surface area contributed by atoms with E-state index < -0.39 is 54.6 Å². The Balaban J connectivity index is 3.23. The van der Waals surface area contributed by atoms with Crippen LogP contribution in [0.3, 0.4) is 0 Å². The van der Waals surface area contributed by atoms with E-state index in [1.165, 1.54) is 6.92 Å². The molecule has 0 amide bonds. The standard InChI is InChI=1S/C14H19IO9/c1-6(16)20-11-10(5-15)24-14(23-9(4)19)13(22-8(3)18)12(11)21-7(2)17/h10-14H,5H2,1-4H3/t10-,11-,12+,13+,14?/m1/s1. The number of carbonyl (C=O) groups excluding carboxylic acids is 4. The normalized spacial score (nSPS) is 29.3. The quantitative estimate of drug-likeness (QED) is 0.252. The van der Waals surface area contributed by atoms with E-state index in [1.807, 2.05) is 22.6 Å². The highest BCUT2D eigenvalue weighted by Gasteiger charge is 2.52. The highest BCUT2D eigenvalue weighted by Crippen LogP contribution is 2.30. The van der Waals surface area contributed by atoms with Gasteiger partial charge in [-0.05, 0) is 0 Å². The average Bonchev–Trinajstić information content (AvgIpc) is 2.42. The summed E-state index contributed by atoms with van der Waals surface area (Å²) in [4.78, 5) is 45.5. The number of carbonyl (C=O) groups is 4. The third-order valence-electron chi connectivity index (χ3n) is 2.93. The zero-order chi connectivity index (χ0) is 18.4. The topological polar surface area (TPSA) is 114 Å². The predicted molar refractivity (Wildman–Crippen MR) is 86.0 cm³/mol. The van der Waals surface area contributed by atoms with Crippen LogP contribution >= 0.6 is 22.6 Å². The molecule has 24 heavy (non-hydrogen) atoms. The Morgan fingerprint density at radius 1 is 0.750 bits per heavy atom. The summed E-state index contributed by atoms with van der Waals surface area (Å²) in [5, 5.41) is 0. The second-order valence-corrected chi connectivity index (χ2v) is 5.91. The summed E-state index contributed by atoms with van der Waals surface area (Å²) >= 11 is 1.98. The molecular weight excluding hydrogens is 439 g/mol. The first-order valence-corrected chi connectivity index (χ1v) is 8.58. The Hall–Kier alpha value is -1.43. The number of esters is 4. The van der Waals surface area contributed by atoms with Crippen LogP contribution in [0.2, 0.25) is 0 Å². The molecule has 5 atom stereocenters. The summed E-state index contributed by atoms with van der Waals surface area (Å²) in [5.41, 5.74) is 0. The SMILES string of the molecule is CC(=O)OC1O[C@H](CI)[C@@H](OC(C)=O)[C@H](OC(C)=O)[C@@H]1OC(C)=O. The Bertz CT molecular complexity index is 506. The molecule has 10 heteroatoms. The van der Waals surface area contributed by atoms with Gasteiger partial charge in [0.1, 0.15) is 6.10 Å². The van der Waals surface area contributed by atoms with Gasteiger partial charge in [-0.3, -0.25) is 19.2 Å². The predicted octanol–water partition coefficient (Wildman–Crippen LogP) is 0.504. The molecule has 0 N–H and O–H groups in total. The minimum Gasteiger partial charge on any atom is -0.456 e. The van der Waals surface area contributed by atoms with E-state index in [0.29, 0.717) is 4.43 Å². The van der Waals surface area contributed by atoms with Crippen LogP contribution in [0.5, 0.6) is 0 Å². The monoisotopic (exact) mass is 458 g/mol. The van der Waals surface area contributed by atoms with Gasteiger partial charge in [-0.2, -0.15) is 0 Å². The number of halogens is 1. The van der Waals surface area contributed by atoms with Crippen molar-refractivity contribution in [2.24, 2.45) is 0 Å². The first-order chi connectivity index (χ1) is 11.1. The molecule has 0 radical (unpaired) electrons. The van der Waals surface area contributed by atoms with E-state index in [9.17, 15) is 19.2 Å². The molecule has 0 aromatic rings. The van der Waals surface area contributed by atoms with Crippen molar-refractivity contribution < 1.29 is 42.9 Å². The molecule has 0 saturated carbocycles. The highest BCUT2D eigenvalue weighted by atomic mass is 127. The van der Waals surface area contributed by atoms with Crippen LogP contribution in [0.25, 0.3) is 0 Å². The molecule has 0 bridgehead atoms. The molecule has 0 aliphatic carbocycles. The second-order valence-electron chi connectivity index (χ2n) is 5.03. The van der Waals surface area contributed by atoms with Gasteiger partial charge in [-0.15, -0.1) is 0 Å². The lowest BCUT2D eigenvalue weighted by molar-refractivity contribution is -0.291. The molecule has 0 aromatic carbocycles. The van der Waals surface area contributed by atoms with Crippen LogP contribution in [0, 0.1) is 0 Å². The molecule has 1 unspecified atom stereocenters. The average molecular weight is 458 g/mol. The van der Waals surface area contributed by atoms with E-state index in [2.05, 4.69) is 0 Å². The molecule has 1 rings (SSSR count). The van der Waals surface area contributed by atoms with Gasteiger partial charge in [0, 0.05) is 32.1 Å². The number of rotatable bonds is 5. The molecule has 1 aliphatic rings. The Morgan fingerprint density at radius 2 is 1.17 bits per heavy atom. The Labute approximate surface area is 152 Å². The molecular formula is C14H19IO9. The number of ether oxygens (including phenoxy) is 5. The second kappa shape index (κ2) is 9.16. The molecule has 1 saturated heterocycles. The fourth-order valence-corrected chi connectivity index (χ4v) is 2.95. The van der Waals surface area contributed by atoms with Crippen LogP contribution in [0.15, 0.2) is 0 Å². The zero-order valence-electron chi connectivity index (χ0n) is 13.6. The van der Waals surface area contributed by atoms with E-state index in [1.54, 1.807) is 0 Å². The largest absolute Gasteiger partial charge is 0.456 e. The van der Waals surface area contributed by atoms with E-state index in [4.69, 9.17) is 23.7 Å². The van der Waals surface area contributed by atoms with Crippen molar-refractivity contribution in [1.82, 2.24) is 0 Å². The number of hydrogen-bond acceptors (Lipinski definition) is 9. The lowest BCUT2D eigenvalue weighted by Gasteiger charge is -2.43. The van der Waals surface area contributed by atoms with Crippen molar-refractivity contribution in [3.05, 3.63) is 0 Å². The van der Waals surface area contributed by atoms with Gasteiger partial charge in [0.2, 0.25) is 12.4 Å². The smallest absolute Gasteiger partial charge is 0.305 e. The van der Waals surface area contributed by atoms with Crippen LogP contribution in [-0.4, -0.2) is 59.0 Å². The lowest BCUT2D eigenvalue weighted by atomic mass is 9.99. The lowest BCUT2D eigenvalue weighted by Crippen LogP contribution is -2.62. The van der Waals surface area contributed by atoms with Crippen LogP contribution in [0.4, 0.5) is 0 Å². The van der Waals surface area contributed by atoms with Gasteiger partial charge in [0.25, 0.3) is 0 Å². The van der Waals surface area contributed by atoms with E-state index in [0.717, 1.165) is 20.8 Å².